The zero-order chi connectivity index (χ0) is 14.0. The summed E-state index contributed by atoms with van der Waals surface area (Å²) in [6, 6.07) is 8.96. The molecule has 2 aromatic rings. The molecule has 0 spiro atoms. The SMILES string of the molecule is COC(=O)c1c(O)cc(-c2cccc(O)c2)cc1O. The first-order chi connectivity index (χ1) is 9.02. The zero-order valence-electron chi connectivity index (χ0n) is 10.1. The number of hydrogen-bond donors (Lipinski definition) is 3. The molecular weight excluding hydrogens is 248 g/mol. The lowest BCUT2D eigenvalue weighted by atomic mass is 10.0. The van der Waals surface area contributed by atoms with E-state index in [0.717, 1.165) is 7.11 Å². The Morgan fingerprint density at radius 1 is 1.00 bits per heavy atom. The monoisotopic (exact) mass is 260 g/mol. The van der Waals surface area contributed by atoms with Crippen LogP contribution >= 0.6 is 0 Å². The van der Waals surface area contributed by atoms with Crippen LogP contribution < -0.4 is 0 Å². The fraction of sp³-hybridized carbons (Fsp3) is 0.0714. The first-order valence-corrected chi connectivity index (χ1v) is 5.46. The molecule has 0 aromatic heterocycles. The molecule has 3 N–H and O–H groups in total. The number of hydrogen-bond acceptors (Lipinski definition) is 5. The van der Waals surface area contributed by atoms with Gasteiger partial charge in [0.05, 0.1) is 7.11 Å². The molecule has 0 heterocycles. The minimum absolute atomic E-state index is 0.0634. The van der Waals surface area contributed by atoms with E-state index in [1.54, 1.807) is 12.1 Å². The van der Waals surface area contributed by atoms with Gasteiger partial charge in [-0.05, 0) is 35.4 Å². The molecule has 5 nitrogen and oxygen atoms in total. The molecule has 0 unspecified atom stereocenters. The molecule has 0 saturated carbocycles. The van der Waals surface area contributed by atoms with Gasteiger partial charge in [0.1, 0.15) is 22.8 Å². The minimum Gasteiger partial charge on any atom is -0.508 e. The molecule has 2 rings (SSSR count). The molecule has 0 amide bonds. The van der Waals surface area contributed by atoms with Crippen molar-refractivity contribution in [1.82, 2.24) is 0 Å². The van der Waals surface area contributed by atoms with Gasteiger partial charge < -0.3 is 20.1 Å². The summed E-state index contributed by atoms with van der Waals surface area (Å²) >= 11 is 0. The largest absolute Gasteiger partial charge is 0.508 e. The number of ether oxygens (including phenoxy) is 1. The highest BCUT2D eigenvalue weighted by molar-refractivity contribution is 5.96. The van der Waals surface area contributed by atoms with Gasteiger partial charge in [0.25, 0.3) is 0 Å². The van der Waals surface area contributed by atoms with Gasteiger partial charge in [0.15, 0.2) is 0 Å². The Kier molecular flexibility index (Phi) is 3.29. The summed E-state index contributed by atoms with van der Waals surface area (Å²) in [5, 5.41) is 29.0. The van der Waals surface area contributed by atoms with Crippen molar-refractivity contribution >= 4 is 5.97 Å². The lowest BCUT2D eigenvalue weighted by molar-refractivity contribution is 0.0594. The van der Waals surface area contributed by atoms with Crippen LogP contribution in [-0.4, -0.2) is 28.4 Å². The zero-order valence-corrected chi connectivity index (χ0v) is 10.1. The minimum atomic E-state index is -0.822. The highest BCUT2D eigenvalue weighted by atomic mass is 16.5. The van der Waals surface area contributed by atoms with Crippen molar-refractivity contribution < 1.29 is 24.9 Å². The second kappa shape index (κ2) is 4.89. The Morgan fingerprint density at radius 2 is 1.63 bits per heavy atom. The van der Waals surface area contributed by atoms with E-state index in [1.165, 1.54) is 24.3 Å². The van der Waals surface area contributed by atoms with Crippen LogP contribution in [0.25, 0.3) is 11.1 Å². The summed E-state index contributed by atoms with van der Waals surface area (Å²) in [5.74, 6) is -1.53. The fourth-order valence-electron chi connectivity index (χ4n) is 1.78. The van der Waals surface area contributed by atoms with Crippen LogP contribution in [0.5, 0.6) is 17.2 Å². The van der Waals surface area contributed by atoms with Crippen LogP contribution in [-0.2, 0) is 4.74 Å². The fourth-order valence-corrected chi connectivity index (χ4v) is 1.78. The van der Waals surface area contributed by atoms with Crippen molar-refractivity contribution in [3.63, 3.8) is 0 Å². The number of aromatic hydroxyl groups is 3. The molecule has 0 bridgehead atoms. The highest BCUT2D eigenvalue weighted by Gasteiger charge is 2.18. The summed E-state index contributed by atoms with van der Waals surface area (Å²) in [7, 11) is 1.16. The Labute approximate surface area is 109 Å². The Hall–Kier alpha value is -2.69. The third-order valence-corrected chi connectivity index (χ3v) is 2.67. The third kappa shape index (κ3) is 2.44. The predicted molar refractivity (Wildman–Crippen MR) is 68.2 cm³/mol. The van der Waals surface area contributed by atoms with Crippen molar-refractivity contribution in [1.29, 1.82) is 0 Å². The van der Waals surface area contributed by atoms with E-state index in [2.05, 4.69) is 4.74 Å². The topological polar surface area (TPSA) is 87.0 Å². The molecule has 0 fully saturated rings. The maximum atomic E-state index is 11.4. The van der Waals surface area contributed by atoms with Crippen LogP contribution in [0.2, 0.25) is 0 Å². The van der Waals surface area contributed by atoms with Crippen molar-refractivity contribution in [3.8, 4) is 28.4 Å². The van der Waals surface area contributed by atoms with Gasteiger partial charge >= 0.3 is 5.97 Å². The number of phenolic OH excluding ortho intramolecular Hbond substituents is 3. The lowest BCUT2D eigenvalue weighted by Crippen LogP contribution is -2.02. The molecule has 0 atom stereocenters. The van der Waals surface area contributed by atoms with Gasteiger partial charge in [0, 0.05) is 0 Å². The number of esters is 1. The second-order valence-electron chi connectivity index (χ2n) is 3.93. The molecule has 0 aliphatic heterocycles. The van der Waals surface area contributed by atoms with E-state index in [1.807, 2.05) is 0 Å². The van der Waals surface area contributed by atoms with Gasteiger partial charge in [-0.15, -0.1) is 0 Å². The van der Waals surface area contributed by atoms with Crippen LogP contribution in [0, 0.1) is 0 Å². The summed E-state index contributed by atoms with van der Waals surface area (Å²) in [5.41, 5.74) is 0.784. The maximum Gasteiger partial charge on any atom is 0.345 e. The average molecular weight is 260 g/mol. The normalized spacial score (nSPS) is 10.2. The van der Waals surface area contributed by atoms with E-state index in [4.69, 9.17) is 0 Å². The van der Waals surface area contributed by atoms with E-state index < -0.39 is 5.97 Å². The van der Waals surface area contributed by atoms with Crippen LogP contribution in [0.1, 0.15) is 10.4 Å². The number of methoxy groups -OCH3 is 1. The molecule has 5 heteroatoms. The standard InChI is InChI=1S/C14H12O5/c1-19-14(18)13-11(16)6-9(7-12(13)17)8-3-2-4-10(15)5-8/h2-7,15-17H,1H3. The molecule has 19 heavy (non-hydrogen) atoms. The summed E-state index contributed by atoms with van der Waals surface area (Å²) < 4.78 is 4.46. The summed E-state index contributed by atoms with van der Waals surface area (Å²) in [6.07, 6.45) is 0. The smallest absolute Gasteiger partial charge is 0.345 e. The first-order valence-electron chi connectivity index (χ1n) is 5.46. The van der Waals surface area contributed by atoms with Gasteiger partial charge in [-0.1, -0.05) is 12.1 Å². The van der Waals surface area contributed by atoms with Crippen molar-refractivity contribution in [3.05, 3.63) is 42.0 Å². The Morgan fingerprint density at radius 3 is 2.16 bits per heavy atom. The molecule has 0 radical (unpaired) electrons. The van der Waals surface area contributed by atoms with E-state index in [0.29, 0.717) is 11.1 Å². The maximum absolute atomic E-state index is 11.4. The first kappa shape index (κ1) is 12.8. The molecular formula is C14H12O5. The van der Waals surface area contributed by atoms with Gasteiger partial charge in [0.2, 0.25) is 0 Å². The summed E-state index contributed by atoms with van der Waals surface area (Å²) in [6.45, 7) is 0. The highest BCUT2D eigenvalue weighted by Crippen LogP contribution is 2.34. The van der Waals surface area contributed by atoms with Crippen molar-refractivity contribution in [2.75, 3.05) is 7.11 Å². The summed E-state index contributed by atoms with van der Waals surface area (Å²) in [4.78, 5) is 11.4. The molecule has 98 valence electrons. The van der Waals surface area contributed by atoms with Crippen molar-refractivity contribution in [2.45, 2.75) is 0 Å². The predicted octanol–water partition coefficient (Wildman–Crippen LogP) is 2.26. The third-order valence-electron chi connectivity index (χ3n) is 2.67. The molecule has 2 aromatic carbocycles. The number of carbonyl (C=O) groups is 1. The van der Waals surface area contributed by atoms with E-state index in [-0.39, 0.29) is 22.8 Å². The number of carbonyl (C=O) groups excluding carboxylic acids is 1. The van der Waals surface area contributed by atoms with Gasteiger partial charge in [-0.2, -0.15) is 0 Å². The van der Waals surface area contributed by atoms with Gasteiger partial charge in [-0.25, -0.2) is 4.79 Å². The molecule has 0 aliphatic rings. The Balaban J connectivity index is 2.54. The van der Waals surface area contributed by atoms with Crippen LogP contribution in [0.3, 0.4) is 0 Å². The van der Waals surface area contributed by atoms with Gasteiger partial charge in [-0.3, -0.25) is 0 Å². The quantitative estimate of drug-likeness (QED) is 0.721. The van der Waals surface area contributed by atoms with Crippen molar-refractivity contribution in [2.24, 2.45) is 0 Å². The van der Waals surface area contributed by atoms with E-state index in [9.17, 15) is 20.1 Å². The second-order valence-corrected chi connectivity index (χ2v) is 3.93. The Bertz CT molecular complexity index is 610. The molecule has 0 saturated heterocycles. The van der Waals surface area contributed by atoms with E-state index >= 15 is 0 Å². The number of phenols is 3. The van der Waals surface area contributed by atoms with Crippen LogP contribution in [0.4, 0.5) is 0 Å². The lowest BCUT2D eigenvalue weighted by Gasteiger charge is -2.09. The molecule has 0 aliphatic carbocycles. The number of rotatable bonds is 2. The van der Waals surface area contributed by atoms with Crippen LogP contribution in [0.15, 0.2) is 36.4 Å². The average Bonchev–Trinajstić information content (AvgIpc) is 2.37. The number of benzene rings is 2.